The molecule has 4 rings (SSSR count). The Balaban J connectivity index is 1.61. The van der Waals surface area contributed by atoms with E-state index in [-0.39, 0.29) is 6.04 Å². The van der Waals surface area contributed by atoms with Crippen molar-refractivity contribution >= 4 is 5.82 Å². The summed E-state index contributed by atoms with van der Waals surface area (Å²) >= 11 is 0. The van der Waals surface area contributed by atoms with Crippen LogP contribution in [0.3, 0.4) is 0 Å². The summed E-state index contributed by atoms with van der Waals surface area (Å²) < 4.78 is 3.63. The molecule has 0 spiro atoms. The first-order valence-corrected chi connectivity index (χ1v) is 7.83. The van der Waals surface area contributed by atoms with Gasteiger partial charge >= 0.3 is 0 Å². The molecule has 25 heavy (non-hydrogen) atoms. The molecule has 1 aromatic carbocycles. The van der Waals surface area contributed by atoms with E-state index in [0.29, 0.717) is 6.54 Å². The third-order valence-corrected chi connectivity index (χ3v) is 3.78. The van der Waals surface area contributed by atoms with E-state index < -0.39 is 0 Å². The lowest BCUT2D eigenvalue weighted by Crippen LogP contribution is -2.19. The molecule has 124 valence electrons. The summed E-state index contributed by atoms with van der Waals surface area (Å²) in [5.41, 5.74) is 1.14. The second-order valence-electron chi connectivity index (χ2n) is 5.46. The van der Waals surface area contributed by atoms with Crippen LogP contribution in [0.2, 0.25) is 0 Å². The van der Waals surface area contributed by atoms with Gasteiger partial charge in [-0.25, -0.2) is 19.9 Å². The Morgan fingerprint density at radius 1 is 1.00 bits per heavy atom. The van der Waals surface area contributed by atoms with E-state index >= 15 is 0 Å². The fourth-order valence-electron chi connectivity index (χ4n) is 2.57. The topological polar surface area (TPSA) is 86.3 Å². The number of anilines is 1. The molecule has 0 amide bonds. The molecule has 0 saturated carbocycles. The van der Waals surface area contributed by atoms with Gasteiger partial charge in [0.2, 0.25) is 0 Å². The average Bonchev–Trinajstić information content (AvgIpc) is 3.36. The first-order valence-electron chi connectivity index (χ1n) is 7.83. The highest BCUT2D eigenvalue weighted by Gasteiger charge is 2.14. The average molecular weight is 332 g/mol. The van der Waals surface area contributed by atoms with Crippen LogP contribution in [0.25, 0.3) is 5.82 Å². The van der Waals surface area contributed by atoms with Crippen LogP contribution in [0.15, 0.2) is 74.1 Å². The minimum Gasteiger partial charge on any atom is -0.361 e. The minimum absolute atomic E-state index is 0.00608. The molecule has 0 aliphatic carbocycles. The van der Waals surface area contributed by atoms with Crippen molar-refractivity contribution in [3.05, 3.63) is 79.7 Å². The van der Waals surface area contributed by atoms with Crippen LogP contribution < -0.4 is 5.32 Å². The van der Waals surface area contributed by atoms with Crippen LogP contribution >= 0.6 is 0 Å². The zero-order valence-corrected chi connectivity index (χ0v) is 13.3. The van der Waals surface area contributed by atoms with E-state index in [1.165, 1.54) is 12.7 Å². The predicted octanol–water partition coefficient (Wildman–Crippen LogP) is 2.11. The van der Waals surface area contributed by atoms with E-state index in [1.54, 1.807) is 23.5 Å². The second-order valence-corrected chi connectivity index (χ2v) is 5.46. The molecule has 0 saturated heterocycles. The number of nitrogens with one attached hydrogen (secondary N) is 1. The number of hydrogen-bond donors (Lipinski definition) is 1. The van der Waals surface area contributed by atoms with Crippen LogP contribution in [0, 0.1) is 0 Å². The molecule has 0 unspecified atom stereocenters. The second kappa shape index (κ2) is 6.91. The molecule has 4 aromatic rings. The Hall–Kier alpha value is -3.55. The molecular formula is C17H16N8. The van der Waals surface area contributed by atoms with E-state index in [9.17, 15) is 0 Å². The highest BCUT2D eigenvalue weighted by Crippen LogP contribution is 2.20. The van der Waals surface area contributed by atoms with Crippen LogP contribution in [-0.4, -0.2) is 34.3 Å². The van der Waals surface area contributed by atoms with E-state index in [4.69, 9.17) is 0 Å². The smallest absolute Gasteiger partial charge is 0.143 e. The van der Waals surface area contributed by atoms with Gasteiger partial charge in [-0.05, 0) is 5.56 Å². The number of rotatable bonds is 6. The fraction of sp³-hybridized carbons (Fsp3) is 0.118. The van der Waals surface area contributed by atoms with Gasteiger partial charge in [-0.1, -0.05) is 30.3 Å². The summed E-state index contributed by atoms with van der Waals surface area (Å²) in [7, 11) is 0. The molecule has 0 aliphatic heterocycles. The number of aromatic nitrogens is 7. The number of hydrogen-bond acceptors (Lipinski definition) is 6. The van der Waals surface area contributed by atoms with Crippen molar-refractivity contribution < 1.29 is 0 Å². The lowest BCUT2D eigenvalue weighted by atomic mass is 10.1. The predicted molar refractivity (Wildman–Crippen MR) is 92.0 cm³/mol. The number of nitrogens with zero attached hydrogens (tertiary/aromatic N) is 7. The molecule has 0 bridgehead atoms. The summed E-state index contributed by atoms with van der Waals surface area (Å²) in [6.45, 7) is 0.633. The van der Waals surface area contributed by atoms with E-state index in [1.807, 2.05) is 35.0 Å². The summed E-state index contributed by atoms with van der Waals surface area (Å²) in [4.78, 5) is 16.7. The molecule has 8 heteroatoms. The SMILES string of the molecule is c1ccc([C@H](Cn2cncn2)Nc2cc(-n3ccnc3)ncn2)cc1. The Labute approximate surface area is 144 Å². The normalized spacial score (nSPS) is 12.0. The van der Waals surface area contributed by atoms with E-state index in [0.717, 1.165) is 17.2 Å². The van der Waals surface area contributed by atoms with Gasteiger partial charge in [0.25, 0.3) is 0 Å². The Bertz CT molecular complexity index is 903. The van der Waals surface area contributed by atoms with Crippen molar-refractivity contribution in [2.24, 2.45) is 0 Å². The van der Waals surface area contributed by atoms with Gasteiger partial charge in [0.1, 0.15) is 36.9 Å². The zero-order chi connectivity index (χ0) is 16.9. The molecule has 1 N–H and O–H groups in total. The Morgan fingerprint density at radius 2 is 1.92 bits per heavy atom. The van der Waals surface area contributed by atoms with Gasteiger partial charge in [-0.15, -0.1) is 0 Å². The van der Waals surface area contributed by atoms with Crippen molar-refractivity contribution in [3.63, 3.8) is 0 Å². The quantitative estimate of drug-likeness (QED) is 0.582. The van der Waals surface area contributed by atoms with Crippen molar-refractivity contribution in [1.29, 1.82) is 0 Å². The van der Waals surface area contributed by atoms with Gasteiger partial charge in [0.15, 0.2) is 0 Å². The lowest BCUT2D eigenvalue weighted by molar-refractivity contribution is 0.548. The lowest BCUT2D eigenvalue weighted by Gasteiger charge is -2.20. The van der Waals surface area contributed by atoms with Gasteiger partial charge < -0.3 is 5.32 Å². The fourth-order valence-corrected chi connectivity index (χ4v) is 2.57. The van der Waals surface area contributed by atoms with Crippen LogP contribution in [0.1, 0.15) is 11.6 Å². The monoisotopic (exact) mass is 332 g/mol. The van der Waals surface area contributed by atoms with Gasteiger partial charge in [0.05, 0.1) is 12.6 Å². The van der Waals surface area contributed by atoms with Gasteiger partial charge in [-0.2, -0.15) is 5.10 Å². The maximum atomic E-state index is 4.34. The van der Waals surface area contributed by atoms with Gasteiger partial charge in [-0.3, -0.25) is 9.25 Å². The van der Waals surface area contributed by atoms with Crippen molar-refractivity contribution in [2.45, 2.75) is 12.6 Å². The molecule has 0 radical (unpaired) electrons. The molecule has 8 nitrogen and oxygen atoms in total. The zero-order valence-electron chi connectivity index (χ0n) is 13.3. The first kappa shape index (κ1) is 15.0. The largest absolute Gasteiger partial charge is 0.361 e. The number of benzene rings is 1. The van der Waals surface area contributed by atoms with Crippen LogP contribution in [0.5, 0.6) is 0 Å². The van der Waals surface area contributed by atoms with Crippen molar-refractivity contribution in [1.82, 2.24) is 34.3 Å². The standard InChI is InChI=1S/C17H16N8/c1-2-4-14(5-3-1)15(9-25-13-19-10-22-25)23-16-8-17(21-11-20-16)24-7-6-18-12-24/h1-8,10-13,15H,9H2,(H,20,21,23)/t15-/m0/s1. The van der Waals surface area contributed by atoms with Crippen molar-refractivity contribution in [3.8, 4) is 5.82 Å². The molecule has 3 aromatic heterocycles. The molecule has 1 atom stereocenters. The summed E-state index contributed by atoms with van der Waals surface area (Å²) in [5, 5.41) is 7.66. The van der Waals surface area contributed by atoms with Crippen LogP contribution in [0.4, 0.5) is 5.82 Å². The maximum Gasteiger partial charge on any atom is 0.143 e. The number of imidazole rings is 1. The van der Waals surface area contributed by atoms with Crippen LogP contribution in [-0.2, 0) is 6.54 Å². The van der Waals surface area contributed by atoms with E-state index in [2.05, 4.69) is 42.5 Å². The minimum atomic E-state index is -0.00608. The molecular weight excluding hydrogens is 316 g/mol. The highest BCUT2D eigenvalue weighted by molar-refractivity contribution is 5.43. The molecule has 0 aliphatic rings. The summed E-state index contributed by atoms with van der Waals surface area (Å²) in [5.74, 6) is 1.48. The maximum absolute atomic E-state index is 4.34. The Morgan fingerprint density at radius 3 is 2.68 bits per heavy atom. The third kappa shape index (κ3) is 3.52. The van der Waals surface area contributed by atoms with Crippen molar-refractivity contribution in [2.75, 3.05) is 5.32 Å². The molecule has 0 fully saturated rings. The van der Waals surface area contributed by atoms with Gasteiger partial charge in [0, 0.05) is 18.5 Å². The summed E-state index contributed by atoms with van der Waals surface area (Å²) in [6.07, 6.45) is 10.0. The third-order valence-electron chi connectivity index (χ3n) is 3.78. The summed E-state index contributed by atoms with van der Waals surface area (Å²) in [6, 6.07) is 12.1. The highest BCUT2D eigenvalue weighted by atomic mass is 15.3. The molecule has 3 heterocycles. The Kier molecular flexibility index (Phi) is 4.15. The first-order chi connectivity index (χ1) is 12.4.